The van der Waals surface area contributed by atoms with Crippen molar-refractivity contribution in [3.8, 4) is 0 Å². The molecule has 2 aromatic heterocycles. The van der Waals surface area contributed by atoms with Gasteiger partial charge in [0.2, 0.25) is 5.16 Å². The molecule has 18 heteroatoms. The number of carbonyl (C=O) groups excluding carboxylic acids is 2. The highest BCUT2D eigenvalue weighted by Gasteiger charge is 2.54. The molecule has 1 unspecified atom stereocenters. The van der Waals surface area contributed by atoms with Crippen LogP contribution < -0.4 is 11.1 Å². The molecule has 2 fully saturated rings. The molecule has 0 aromatic carbocycles. The number of oxime groups is 1. The number of aromatic nitrogens is 5. The van der Waals surface area contributed by atoms with Crippen molar-refractivity contribution in [2.24, 2.45) is 12.2 Å². The second-order valence-electron chi connectivity index (χ2n) is 7.77. The van der Waals surface area contributed by atoms with Crippen molar-refractivity contribution in [3.63, 3.8) is 0 Å². The zero-order valence-corrected chi connectivity index (χ0v) is 21.8. The minimum absolute atomic E-state index is 0.0798. The van der Waals surface area contributed by atoms with Crippen LogP contribution in [0, 0.1) is 0 Å². The minimum Gasteiger partial charge on any atom is -0.477 e. The van der Waals surface area contributed by atoms with E-state index in [1.54, 1.807) is 24.2 Å². The molecule has 14 nitrogen and oxygen atoms in total. The number of nitrogen functional groups attached to an aromatic ring is 1. The maximum Gasteiger partial charge on any atom is 0.352 e. The number of carbonyl (C=O) groups is 3. The van der Waals surface area contributed by atoms with Crippen molar-refractivity contribution in [1.82, 2.24) is 35.4 Å². The van der Waals surface area contributed by atoms with E-state index >= 15 is 0 Å². The predicted octanol–water partition coefficient (Wildman–Crippen LogP) is -0.384. The molecule has 0 saturated carbocycles. The van der Waals surface area contributed by atoms with E-state index < -0.39 is 29.2 Å². The normalized spacial score (nSPS) is 22.1. The van der Waals surface area contributed by atoms with Gasteiger partial charge < -0.3 is 21.0 Å². The Labute approximate surface area is 220 Å². The number of nitrogens with zero attached hydrogens (tertiary/aromatic N) is 7. The second-order valence-corrected chi connectivity index (χ2v) is 11.8. The molecular weight excluding hydrogens is 551 g/mol. The highest BCUT2D eigenvalue weighted by molar-refractivity contribution is 8.01. The molecule has 0 radical (unpaired) electrons. The number of aliphatic carboxylic acids is 1. The summed E-state index contributed by atoms with van der Waals surface area (Å²) in [5, 5.41) is 29.5. The highest BCUT2D eigenvalue weighted by atomic mass is 32.2. The Balaban J connectivity index is 1.30. The van der Waals surface area contributed by atoms with Crippen LogP contribution in [0.2, 0.25) is 0 Å². The zero-order valence-electron chi connectivity index (χ0n) is 18.6. The van der Waals surface area contributed by atoms with Crippen LogP contribution in [0.15, 0.2) is 27.0 Å². The fourth-order valence-electron chi connectivity index (χ4n) is 3.50. The van der Waals surface area contributed by atoms with Crippen LogP contribution in [0.1, 0.15) is 5.69 Å². The van der Waals surface area contributed by atoms with Crippen molar-refractivity contribution in [2.75, 3.05) is 28.7 Å². The van der Waals surface area contributed by atoms with E-state index in [2.05, 4.69) is 31.0 Å². The summed E-state index contributed by atoms with van der Waals surface area (Å²) in [6, 6.07) is -0.922. The van der Waals surface area contributed by atoms with E-state index in [-0.39, 0.29) is 28.3 Å². The van der Waals surface area contributed by atoms with Crippen molar-refractivity contribution < 1.29 is 24.3 Å². The lowest BCUT2D eigenvalue weighted by Gasteiger charge is -2.49. The molecule has 5 rings (SSSR count). The highest BCUT2D eigenvalue weighted by Crippen LogP contribution is 2.41. The summed E-state index contributed by atoms with van der Waals surface area (Å²) in [4.78, 5) is 49.0. The lowest BCUT2D eigenvalue weighted by molar-refractivity contribution is -0.150. The summed E-state index contributed by atoms with van der Waals surface area (Å²) in [5.74, 6) is -0.175. The molecule has 0 spiro atoms. The number of nitrogens with one attached hydrogen (secondary N) is 1. The van der Waals surface area contributed by atoms with Crippen molar-refractivity contribution in [2.45, 2.75) is 22.7 Å². The van der Waals surface area contributed by atoms with Crippen LogP contribution in [0.25, 0.3) is 0 Å². The number of aryl methyl sites for hydroxylation is 1. The summed E-state index contributed by atoms with van der Waals surface area (Å²) in [7, 11) is 1.68. The van der Waals surface area contributed by atoms with Gasteiger partial charge in [-0.05, 0) is 16.0 Å². The molecule has 2 atom stereocenters. The van der Waals surface area contributed by atoms with E-state index in [1.165, 1.54) is 33.1 Å². The van der Waals surface area contributed by atoms with Gasteiger partial charge in [-0.1, -0.05) is 16.9 Å². The smallest absolute Gasteiger partial charge is 0.352 e. The first-order chi connectivity index (χ1) is 17.3. The Morgan fingerprint density at radius 3 is 2.83 bits per heavy atom. The Morgan fingerprint density at radius 2 is 2.22 bits per heavy atom. The first kappa shape index (κ1) is 24.8. The Morgan fingerprint density at radius 1 is 1.42 bits per heavy atom. The summed E-state index contributed by atoms with van der Waals surface area (Å²) in [5.41, 5.74) is 6.36. The Bertz CT molecular complexity index is 1270. The van der Waals surface area contributed by atoms with E-state index in [9.17, 15) is 19.5 Å². The molecule has 190 valence electrons. The lowest BCUT2D eigenvalue weighted by Crippen LogP contribution is -2.71. The maximum atomic E-state index is 13.1. The van der Waals surface area contributed by atoms with Gasteiger partial charge >= 0.3 is 5.97 Å². The molecule has 2 amide bonds. The van der Waals surface area contributed by atoms with Gasteiger partial charge in [0.05, 0.1) is 0 Å². The quantitative estimate of drug-likeness (QED) is 0.153. The summed E-state index contributed by atoms with van der Waals surface area (Å²) < 4.78 is 1.48. The molecule has 0 bridgehead atoms. The number of nitrogens with two attached hydrogens (primary N) is 1. The number of thiazole rings is 1. The second kappa shape index (κ2) is 10.3. The van der Waals surface area contributed by atoms with Gasteiger partial charge in [-0.25, -0.2) is 14.5 Å². The number of carboxylic acids is 1. The van der Waals surface area contributed by atoms with Gasteiger partial charge in [0.1, 0.15) is 28.9 Å². The third kappa shape index (κ3) is 4.76. The molecule has 36 heavy (non-hydrogen) atoms. The third-order valence-electron chi connectivity index (χ3n) is 5.37. The topological polar surface area (TPSA) is 191 Å². The number of anilines is 1. The van der Waals surface area contributed by atoms with Crippen LogP contribution in [-0.4, -0.2) is 99.2 Å². The fraction of sp³-hybridized carbons (Fsp3) is 0.444. The van der Waals surface area contributed by atoms with Gasteiger partial charge in [0, 0.05) is 35.4 Å². The number of β-lactam (4-membered cyclic amide) rings is 1. The summed E-state index contributed by atoms with van der Waals surface area (Å²) >= 11 is 5.50. The van der Waals surface area contributed by atoms with E-state index in [4.69, 9.17) is 10.6 Å². The SMILES string of the molecule is Cn1nnnc1SCC1=C(C(=O)O)N2C(=O)C(NC(=O)/C(=N/OC3CSC3)c3csc(N)n3)[C@H]2SC1. The lowest BCUT2D eigenvalue weighted by atomic mass is 10.0. The number of hydrogen-bond donors (Lipinski definition) is 3. The number of rotatable bonds is 9. The molecule has 3 aliphatic rings. The average Bonchev–Trinajstić information content (AvgIpc) is 3.44. The first-order valence-corrected chi connectivity index (χ1v) is 14.5. The van der Waals surface area contributed by atoms with Crippen LogP contribution in [0.3, 0.4) is 0 Å². The van der Waals surface area contributed by atoms with E-state index in [0.717, 1.165) is 22.8 Å². The number of carboxylic acid groups (broad SMARTS) is 1. The monoisotopic (exact) mass is 569 g/mol. The van der Waals surface area contributed by atoms with Crippen molar-refractivity contribution >= 4 is 75.2 Å². The molecule has 2 saturated heterocycles. The van der Waals surface area contributed by atoms with Crippen molar-refractivity contribution in [3.05, 3.63) is 22.3 Å². The van der Waals surface area contributed by atoms with Crippen LogP contribution in [0.4, 0.5) is 5.13 Å². The molecule has 3 aliphatic heterocycles. The van der Waals surface area contributed by atoms with Gasteiger partial charge in [-0.2, -0.15) is 11.8 Å². The van der Waals surface area contributed by atoms with Crippen molar-refractivity contribution in [1.29, 1.82) is 0 Å². The maximum absolute atomic E-state index is 13.1. The molecule has 5 heterocycles. The van der Waals surface area contributed by atoms with Gasteiger partial charge in [-0.15, -0.1) is 28.2 Å². The van der Waals surface area contributed by atoms with Gasteiger partial charge in [0.15, 0.2) is 10.8 Å². The van der Waals surface area contributed by atoms with E-state index in [0.29, 0.717) is 22.2 Å². The number of tetrazole rings is 1. The fourth-order valence-corrected chi connectivity index (χ4v) is 6.93. The average molecular weight is 570 g/mol. The zero-order chi connectivity index (χ0) is 25.4. The van der Waals surface area contributed by atoms with Crippen LogP contribution in [-0.2, 0) is 26.3 Å². The molecule has 4 N–H and O–H groups in total. The number of fused-ring (bicyclic) bond motifs is 1. The first-order valence-electron chi connectivity index (χ1n) is 10.4. The Kier molecular flexibility index (Phi) is 7.09. The largest absolute Gasteiger partial charge is 0.477 e. The molecular formula is C18H19N9O5S4. The molecule has 0 aliphatic carbocycles. The van der Waals surface area contributed by atoms with Crippen LogP contribution in [0.5, 0.6) is 0 Å². The number of thioether (sulfide) groups is 3. The number of hydrogen-bond acceptors (Lipinski definition) is 14. The van der Waals surface area contributed by atoms with E-state index in [1.807, 2.05) is 0 Å². The molecule has 2 aromatic rings. The Hall–Kier alpha value is -2.83. The number of amides is 2. The standard InChI is InChI=1S/C18H19N9O5S4/c1-26-18(22-24-25-26)36-3-7-2-34-15-11(14(29)27(15)12(7)16(30)31)21-13(28)10(9-6-35-17(19)20-9)23-32-8-4-33-5-8/h6,8,11,15H,2-5H2,1H3,(H2,19,20)(H,21,28)(H,30,31)/b23-10+/t11?,15-/m1/s1. The van der Waals surface area contributed by atoms with Crippen LogP contribution >= 0.6 is 46.6 Å². The summed E-state index contributed by atoms with van der Waals surface area (Å²) in [6.07, 6.45) is -0.0969. The third-order valence-corrected chi connectivity index (χ3v) is 9.70. The minimum atomic E-state index is -1.21. The van der Waals surface area contributed by atoms with Gasteiger partial charge in [-0.3, -0.25) is 14.5 Å². The predicted molar refractivity (Wildman–Crippen MR) is 134 cm³/mol. The summed E-state index contributed by atoms with van der Waals surface area (Å²) in [6.45, 7) is 0. The van der Waals surface area contributed by atoms with Gasteiger partial charge in [0.25, 0.3) is 11.8 Å².